The molecule has 3 aromatic rings. The maximum absolute atomic E-state index is 11.8. The average Bonchev–Trinajstić information content (AvgIpc) is 3.07. The lowest BCUT2D eigenvalue weighted by Crippen LogP contribution is -2.16. The Labute approximate surface area is 120 Å². The standard InChI is InChI=1S/C15H13N3OS/c1-10-12(11-5-2-3-6-13(11)17-10)9-16-18-15(19)14-7-4-8-20-14/h2-9,17H,1H3,(H,18,19)/b16-9-. The van der Waals surface area contributed by atoms with Crippen LogP contribution in [0.2, 0.25) is 0 Å². The maximum Gasteiger partial charge on any atom is 0.281 e. The Kier molecular flexibility index (Phi) is 3.35. The number of rotatable bonds is 3. The number of benzene rings is 1. The Morgan fingerprint density at radius 2 is 2.15 bits per heavy atom. The van der Waals surface area contributed by atoms with Crippen molar-refractivity contribution in [1.29, 1.82) is 0 Å². The highest BCUT2D eigenvalue weighted by Gasteiger charge is 2.06. The van der Waals surface area contributed by atoms with Gasteiger partial charge in [-0.15, -0.1) is 11.3 Å². The minimum Gasteiger partial charge on any atom is -0.358 e. The molecule has 0 radical (unpaired) electrons. The van der Waals surface area contributed by atoms with E-state index >= 15 is 0 Å². The third kappa shape index (κ3) is 2.35. The van der Waals surface area contributed by atoms with E-state index < -0.39 is 0 Å². The second-order valence-electron chi connectivity index (χ2n) is 4.39. The smallest absolute Gasteiger partial charge is 0.281 e. The fourth-order valence-electron chi connectivity index (χ4n) is 2.08. The van der Waals surface area contributed by atoms with E-state index in [1.165, 1.54) is 11.3 Å². The first-order valence-corrected chi connectivity index (χ1v) is 7.08. The van der Waals surface area contributed by atoms with E-state index in [2.05, 4.69) is 15.5 Å². The first kappa shape index (κ1) is 12.6. The van der Waals surface area contributed by atoms with Gasteiger partial charge < -0.3 is 4.98 Å². The fourth-order valence-corrected chi connectivity index (χ4v) is 2.70. The zero-order chi connectivity index (χ0) is 13.9. The van der Waals surface area contributed by atoms with Crippen LogP contribution in [0.25, 0.3) is 10.9 Å². The van der Waals surface area contributed by atoms with E-state index in [1.807, 2.05) is 42.6 Å². The third-order valence-corrected chi connectivity index (χ3v) is 3.92. The maximum atomic E-state index is 11.8. The van der Waals surface area contributed by atoms with Gasteiger partial charge >= 0.3 is 0 Å². The lowest BCUT2D eigenvalue weighted by atomic mass is 10.1. The van der Waals surface area contributed by atoms with Crippen molar-refractivity contribution in [3.8, 4) is 0 Å². The third-order valence-electron chi connectivity index (χ3n) is 3.05. The van der Waals surface area contributed by atoms with Crippen LogP contribution < -0.4 is 5.43 Å². The number of para-hydroxylation sites is 1. The second-order valence-corrected chi connectivity index (χ2v) is 5.33. The number of nitrogens with one attached hydrogen (secondary N) is 2. The summed E-state index contributed by atoms with van der Waals surface area (Å²) in [5.74, 6) is -0.186. The van der Waals surface area contributed by atoms with Crippen molar-refractivity contribution < 1.29 is 4.79 Å². The van der Waals surface area contributed by atoms with Crippen molar-refractivity contribution in [2.75, 3.05) is 0 Å². The molecule has 2 heterocycles. The molecule has 0 bridgehead atoms. The molecule has 0 fully saturated rings. The minimum atomic E-state index is -0.186. The molecule has 0 aliphatic carbocycles. The topological polar surface area (TPSA) is 57.2 Å². The number of thiophene rings is 1. The number of hydrogen-bond acceptors (Lipinski definition) is 3. The fraction of sp³-hybridized carbons (Fsp3) is 0.0667. The molecule has 20 heavy (non-hydrogen) atoms. The van der Waals surface area contributed by atoms with Crippen LogP contribution in [0.1, 0.15) is 20.9 Å². The van der Waals surface area contributed by atoms with E-state index in [1.54, 1.807) is 12.3 Å². The van der Waals surface area contributed by atoms with E-state index in [0.717, 1.165) is 22.2 Å². The quantitative estimate of drug-likeness (QED) is 0.562. The van der Waals surface area contributed by atoms with Gasteiger partial charge in [-0.05, 0) is 24.4 Å². The molecule has 0 atom stereocenters. The average molecular weight is 283 g/mol. The zero-order valence-corrected chi connectivity index (χ0v) is 11.7. The van der Waals surface area contributed by atoms with Gasteiger partial charge in [-0.3, -0.25) is 4.79 Å². The van der Waals surface area contributed by atoms with Crippen molar-refractivity contribution in [3.63, 3.8) is 0 Å². The normalized spacial score (nSPS) is 11.2. The summed E-state index contributed by atoms with van der Waals surface area (Å²) in [4.78, 5) is 15.7. The SMILES string of the molecule is Cc1[nH]c2ccccc2c1/C=N\NC(=O)c1cccs1. The van der Waals surface area contributed by atoms with Gasteiger partial charge in [0.05, 0.1) is 11.1 Å². The summed E-state index contributed by atoms with van der Waals surface area (Å²) >= 11 is 1.39. The Balaban J connectivity index is 1.81. The predicted molar refractivity (Wildman–Crippen MR) is 82.4 cm³/mol. The molecule has 1 aromatic carbocycles. The molecule has 0 unspecified atom stereocenters. The predicted octanol–water partition coefficient (Wildman–Crippen LogP) is 3.30. The van der Waals surface area contributed by atoms with Gasteiger partial charge in [0.15, 0.2) is 0 Å². The van der Waals surface area contributed by atoms with Gasteiger partial charge in [0.25, 0.3) is 5.91 Å². The van der Waals surface area contributed by atoms with E-state index in [4.69, 9.17) is 0 Å². The van der Waals surface area contributed by atoms with Gasteiger partial charge in [-0.2, -0.15) is 5.10 Å². The molecule has 1 amide bonds. The monoisotopic (exact) mass is 283 g/mol. The van der Waals surface area contributed by atoms with E-state index in [9.17, 15) is 4.79 Å². The Morgan fingerprint density at radius 1 is 1.30 bits per heavy atom. The summed E-state index contributed by atoms with van der Waals surface area (Å²) in [6, 6.07) is 11.6. The van der Waals surface area contributed by atoms with Crippen molar-refractivity contribution >= 4 is 34.4 Å². The molecule has 0 saturated carbocycles. The summed E-state index contributed by atoms with van der Waals surface area (Å²) < 4.78 is 0. The van der Waals surface area contributed by atoms with Gasteiger partial charge in [-0.1, -0.05) is 24.3 Å². The summed E-state index contributed by atoms with van der Waals surface area (Å²) in [7, 11) is 0. The van der Waals surface area contributed by atoms with E-state index in [-0.39, 0.29) is 5.91 Å². The summed E-state index contributed by atoms with van der Waals surface area (Å²) in [5.41, 5.74) is 5.63. The molecule has 0 saturated heterocycles. The summed E-state index contributed by atoms with van der Waals surface area (Å²) in [5, 5.41) is 7.00. The van der Waals surface area contributed by atoms with Crippen LogP contribution in [0.3, 0.4) is 0 Å². The molecule has 5 heteroatoms. The Bertz CT molecular complexity index is 772. The number of amides is 1. The highest BCUT2D eigenvalue weighted by atomic mass is 32.1. The Hall–Kier alpha value is -2.40. The van der Waals surface area contributed by atoms with Gasteiger partial charge in [0.1, 0.15) is 0 Å². The van der Waals surface area contributed by atoms with Crippen molar-refractivity contribution in [2.24, 2.45) is 5.10 Å². The highest BCUT2D eigenvalue weighted by molar-refractivity contribution is 7.12. The number of nitrogens with zero attached hydrogens (tertiary/aromatic N) is 1. The van der Waals surface area contributed by atoms with Crippen LogP contribution in [0.15, 0.2) is 46.9 Å². The lowest BCUT2D eigenvalue weighted by Gasteiger charge is -1.96. The van der Waals surface area contributed by atoms with Crippen LogP contribution in [-0.2, 0) is 0 Å². The Morgan fingerprint density at radius 3 is 2.95 bits per heavy atom. The molecule has 4 nitrogen and oxygen atoms in total. The summed E-state index contributed by atoms with van der Waals surface area (Å²) in [6.07, 6.45) is 1.68. The molecule has 0 aliphatic rings. The number of aromatic amines is 1. The molecule has 100 valence electrons. The molecule has 0 aliphatic heterocycles. The van der Waals surface area contributed by atoms with Gasteiger partial charge in [0.2, 0.25) is 0 Å². The number of hydrazone groups is 1. The van der Waals surface area contributed by atoms with Crippen LogP contribution in [0, 0.1) is 6.92 Å². The molecule has 2 N–H and O–H groups in total. The lowest BCUT2D eigenvalue weighted by molar-refractivity contribution is 0.0959. The number of carbonyl (C=O) groups is 1. The van der Waals surface area contributed by atoms with Crippen LogP contribution in [-0.4, -0.2) is 17.1 Å². The zero-order valence-electron chi connectivity index (χ0n) is 10.9. The first-order valence-electron chi connectivity index (χ1n) is 6.20. The molecule has 3 rings (SSSR count). The number of fused-ring (bicyclic) bond motifs is 1. The molecular weight excluding hydrogens is 270 g/mol. The number of aryl methyl sites for hydroxylation is 1. The number of hydrogen-bond donors (Lipinski definition) is 2. The molecular formula is C15H13N3OS. The van der Waals surface area contributed by atoms with Crippen LogP contribution >= 0.6 is 11.3 Å². The number of H-pyrrole nitrogens is 1. The van der Waals surface area contributed by atoms with Crippen molar-refractivity contribution in [3.05, 3.63) is 57.9 Å². The van der Waals surface area contributed by atoms with Gasteiger partial charge in [-0.25, -0.2) is 5.43 Å². The van der Waals surface area contributed by atoms with E-state index in [0.29, 0.717) is 4.88 Å². The van der Waals surface area contributed by atoms with Gasteiger partial charge in [0, 0.05) is 22.2 Å². The minimum absolute atomic E-state index is 0.186. The highest BCUT2D eigenvalue weighted by Crippen LogP contribution is 2.19. The molecule has 2 aromatic heterocycles. The second kappa shape index (κ2) is 5.30. The largest absolute Gasteiger partial charge is 0.358 e. The number of aromatic nitrogens is 1. The van der Waals surface area contributed by atoms with Crippen LogP contribution in [0.5, 0.6) is 0 Å². The van der Waals surface area contributed by atoms with Crippen molar-refractivity contribution in [2.45, 2.75) is 6.92 Å². The van der Waals surface area contributed by atoms with Crippen LogP contribution in [0.4, 0.5) is 0 Å². The van der Waals surface area contributed by atoms with Crippen molar-refractivity contribution in [1.82, 2.24) is 10.4 Å². The number of carbonyl (C=O) groups excluding carboxylic acids is 1. The first-order chi connectivity index (χ1) is 9.75. The summed E-state index contributed by atoms with van der Waals surface area (Å²) in [6.45, 7) is 1.99. The molecule has 0 spiro atoms.